The summed E-state index contributed by atoms with van der Waals surface area (Å²) in [5.41, 5.74) is 1.27. The zero-order chi connectivity index (χ0) is 8.55. The topological polar surface area (TPSA) is 46.3 Å². The lowest BCUT2D eigenvalue weighted by Gasteiger charge is -1.89. The summed E-state index contributed by atoms with van der Waals surface area (Å²) in [6.45, 7) is -0.0938. The van der Waals surface area contributed by atoms with Crippen molar-refractivity contribution in [2.75, 3.05) is 0 Å². The molecule has 0 saturated carbocycles. The van der Waals surface area contributed by atoms with E-state index < -0.39 is 0 Å². The maximum atomic E-state index is 8.88. The second-order valence-corrected chi connectivity index (χ2v) is 3.34. The minimum Gasteiger partial charge on any atom is -0.390 e. The number of hydrogen-bond donors (Lipinski definition) is 1. The van der Waals surface area contributed by atoms with Gasteiger partial charge in [-0.25, -0.2) is 0 Å². The highest BCUT2D eigenvalue weighted by molar-refractivity contribution is 9.10. The monoisotopic (exact) mass is 227 g/mol. The third-order valence-corrected chi connectivity index (χ3v) is 2.15. The first-order valence-corrected chi connectivity index (χ1v) is 4.25. The largest absolute Gasteiger partial charge is 0.390 e. The summed E-state index contributed by atoms with van der Waals surface area (Å²) in [6.07, 6.45) is 0. The zero-order valence-corrected chi connectivity index (χ0v) is 7.71. The van der Waals surface area contributed by atoms with E-state index in [1.165, 1.54) is 0 Å². The molecule has 0 spiro atoms. The Kier molecular flexibility index (Phi) is 1.86. The van der Waals surface area contributed by atoms with Crippen molar-refractivity contribution in [3.8, 4) is 0 Å². The number of benzene rings is 1. The molecule has 2 rings (SSSR count). The predicted octanol–water partition coefficient (Wildman–Crippen LogP) is 2.08. The number of aromatic nitrogens is 1. The van der Waals surface area contributed by atoms with Crippen molar-refractivity contribution in [2.24, 2.45) is 0 Å². The Morgan fingerprint density at radius 3 is 3.08 bits per heavy atom. The van der Waals surface area contributed by atoms with Crippen LogP contribution in [0.1, 0.15) is 5.69 Å². The first kappa shape index (κ1) is 7.76. The summed E-state index contributed by atoms with van der Waals surface area (Å²) >= 11 is 3.33. The molecular weight excluding hydrogens is 222 g/mol. The van der Waals surface area contributed by atoms with Crippen LogP contribution in [0.4, 0.5) is 0 Å². The minimum absolute atomic E-state index is 0.0938. The molecule has 0 aliphatic carbocycles. The van der Waals surface area contributed by atoms with Crippen molar-refractivity contribution in [3.05, 3.63) is 28.4 Å². The first-order chi connectivity index (χ1) is 5.81. The Morgan fingerprint density at radius 2 is 2.33 bits per heavy atom. The smallest absolute Gasteiger partial charge is 0.167 e. The highest BCUT2D eigenvalue weighted by Gasteiger charge is 2.06. The molecule has 0 aliphatic rings. The molecule has 0 bridgehead atoms. The van der Waals surface area contributed by atoms with Crippen molar-refractivity contribution in [1.29, 1.82) is 0 Å². The number of aliphatic hydroxyl groups is 1. The molecule has 4 heteroatoms. The van der Waals surface area contributed by atoms with Crippen LogP contribution in [0.15, 0.2) is 27.2 Å². The van der Waals surface area contributed by atoms with Crippen LogP contribution in [0.2, 0.25) is 0 Å². The molecule has 1 N–H and O–H groups in total. The van der Waals surface area contributed by atoms with Crippen molar-refractivity contribution in [1.82, 2.24) is 5.16 Å². The van der Waals surface area contributed by atoms with Gasteiger partial charge in [-0.15, -0.1) is 0 Å². The van der Waals surface area contributed by atoms with Gasteiger partial charge in [0.2, 0.25) is 0 Å². The SMILES string of the molecule is OCc1noc2ccc(Br)cc12. The van der Waals surface area contributed by atoms with Gasteiger partial charge in [-0.1, -0.05) is 21.1 Å². The third-order valence-electron chi connectivity index (χ3n) is 1.66. The van der Waals surface area contributed by atoms with E-state index >= 15 is 0 Å². The van der Waals surface area contributed by atoms with Crippen molar-refractivity contribution >= 4 is 26.9 Å². The van der Waals surface area contributed by atoms with Crippen LogP contribution in [-0.2, 0) is 6.61 Å². The molecule has 1 aromatic carbocycles. The van der Waals surface area contributed by atoms with Gasteiger partial charge in [-0.05, 0) is 18.2 Å². The fourth-order valence-corrected chi connectivity index (χ4v) is 1.44. The van der Waals surface area contributed by atoms with Gasteiger partial charge in [-0.2, -0.15) is 0 Å². The summed E-state index contributed by atoms with van der Waals surface area (Å²) in [6, 6.07) is 5.55. The number of fused-ring (bicyclic) bond motifs is 1. The van der Waals surface area contributed by atoms with Gasteiger partial charge in [-0.3, -0.25) is 0 Å². The summed E-state index contributed by atoms with van der Waals surface area (Å²) in [4.78, 5) is 0. The number of halogens is 1. The lowest BCUT2D eigenvalue weighted by molar-refractivity contribution is 0.269. The average molecular weight is 228 g/mol. The molecule has 2 aromatic rings. The van der Waals surface area contributed by atoms with Gasteiger partial charge in [0, 0.05) is 9.86 Å². The summed E-state index contributed by atoms with van der Waals surface area (Å²) in [7, 11) is 0. The van der Waals surface area contributed by atoms with E-state index in [1.54, 1.807) is 0 Å². The van der Waals surface area contributed by atoms with E-state index in [2.05, 4.69) is 21.1 Å². The Hall–Kier alpha value is -0.870. The van der Waals surface area contributed by atoms with Gasteiger partial charge >= 0.3 is 0 Å². The zero-order valence-electron chi connectivity index (χ0n) is 6.12. The van der Waals surface area contributed by atoms with E-state index in [1.807, 2.05) is 18.2 Å². The lowest BCUT2D eigenvalue weighted by atomic mass is 10.2. The van der Waals surface area contributed by atoms with Crippen LogP contribution in [0.25, 0.3) is 11.0 Å². The standard InChI is InChI=1S/C8H6BrNO2/c9-5-1-2-8-6(3-5)7(4-11)10-12-8/h1-3,11H,4H2. The van der Waals surface area contributed by atoms with Crippen molar-refractivity contribution in [2.45, 2.75) is 6.61 Å². The Morgan fingerprint density at radius 1 is 1.50 bits per heavy atom. The van der Waals surface area contributed by atoms with Gasteiger partial charge in [0.15, 0.2) is 5.58 Å². The fraction of sp³-hybridized carbons (Fsp3) is 0.125. The molecule has 0 atom stereocenters. The molecule has 1 heterocycles. The molecule has 1 aromatic heterocycles. The Labute approximate surface area is 77.1 Å². The number of rotatable bonds is 1. The van der Waals surface area contributed by atoms with Gasteiger partial charge in [0.05, 0.1) is 6.61 Å². The molecular formula is C8H6BrNO2. The molecule has 0 aliphatic heterocycles. The molecule has 0 saturated heterocycles. The Bertz CT molecular complexity index is 410. The van der Waals surface area contributed by atoms with Gasteiger partial charge in [0.1, 0.15) is 5.69 Å². The van der Waals surface area contributed by atoms with E-state index in [0.717, 1.165) is 9.86 Å². The maximum Gasteiger partial charge on any atom is 0.167 e. The van der Waals surface area contributed by atoms with Gasteiger partial charge in [0.25, 0.3) is 0 Å². The first-order valence-electron chi connectivity index (χ1n) is 3.46. The van der Waals surface area contributed by atoms with Crippen LogP contribution >= 0.6 is 15.9 Å². The highest BCUT2D eigenvalue weighted by atomic mass is 79.9. The summed E-state index contributed by atoms with van der Waals surface area (Å²) in [5, 5.41) is 13.4. The molecule has 12 heavy (non-hydrogen) atoms. The summed E-state index contributed by atoms with van der Waals surface area (Å²) < 4.78 is 5.92. The molecule has 3 nitrogen and oxygen atoms in total. The van der Waals surface area contributed by atoms with E-state index in [4.69, 9.17) is 9.63 Å². The van der Waals surface area contributed by atoms with Crippen LogP contribution < -0.4 is 0 Å². The molecule has 0 unspecified atom stereocenters. The summed E-state index contributed by atoms with van der Waals surface area (Å²) in [5.74, 6) is 0. The second kappa shape index (κ2) is 2.88. The van der Waals surface area contributed by atoms with Crippen LogP contribution in [-0.4, -0.2) is 10.3 Å². The molecule has 62 valence electrons. The van der Waals surface area contributed by atoms with Crippen LogP contribution in [0.3, 0.4) is 0 Å². The van der Waals surface area contributed by atoms with E-state index in [9.17, 15) is 0 Å². The van der Waals surface area contributed by atoms with E-state index in [-0.39, 0.29) is 6.61 Å². The quantitative estimate of drug-likeness (QED) is 0.812. The number of aliphatic hydroxyl groups excluding tert-OH is 1. The van der Waals surface area contributed by atoms with E-state index in [0.29, 0.717) is 11.3 Å². The molecule has 0 radical (unpaired) electrons. The van der Waals surface area contributed by atoms with Crippen LogP contribution in [0.5, 0.6) is 0 Å². The molecule has 0 amide bonds. The second-order valence-electron chi connectivity index (χ2n) is 2.43. The predicted molar refractivity (Wildman–Crippen MR) is 47.6 cm³/mol. The number of nitrogens with zero attached hydrogens (tertiary/aromatic N) is 1. The van der Waals surface area contributed by atoms with Gasteiger partial charge < -0.3 is 9.63 Å². The van der Waals surface area contributed by atoms with Crippen molar-refractivity contribution < 1.29 is 9.63 Å². The highest BCUT2D eigenvalue weighted by Crippen LogP contribution is 2.22. The normalized spacial score (nSPS) is 10.8. The average Bonchev–Trinajstić information content (AvgIpc) is 2.46. The Balaban J connectivity index is 2.75. The minimum atomic E-state index is -0.0938. The molecule has 0 fully saturated rings. The lowest BCUT2D eigenvalue weighted by Crippen LogP contribution is -1.81. The maximum absolute atomic E-state index is 8.88. The van der Waals surface area contributed by atoms with Crippen LogP contribution in [0, 0.1) is 0 Å². The van der Waals surface area contributed by atoms with Crippen molar-refractivity contribution in [3.63, 3.8) is 0 Å². The third kappa shape index (κ3) is 1.13. The fourth-order valence-electron chi connectivity index (χ4n) is 1.07. The number of hydrogen-bond acceptors (Lipinski definition) is 3.